The maximum atomic E-state index is 8.74. The summed E-state index contributed by atoms with van der Waals surface area (Å²) in [5.41, 5.74) is 0. The summed E-state index contributed by atoms with van der Waals surface area (Å²) in [5.74, 6) is 0. The Morgan fingerprint density at radius 3 is 1.67 bits per heavy atom. The largest absolute Gasteiger partial charge is 1.00 e. The van der Waals surface area contributed by atoms with Crippen molar-refractivity contribution in [3.63, 3.8) is 0 Å². The molecular weight excluding hydrogens is 175 g/mol. The molecule has 0 aliphatic carbocycles. The second-order valence-corrected chi connectivity index (χ2v) is 2.90. The van der Waals surface area contributed by atoms with E-state index in [-0.39, 0.29) is 18.9 Å². The molecule has 0 rings (SSSR count). The summed E-state index contributed by atoms with van der Waals surface area (Å²) in [5, 5.41) is 0. The fourth-order valence-electron chi connectivity index (χ4n) is 0.427. The summed E-state index contributed by atoms with van der Waals surface area (Å²) in [6, 6.07) is 0. The van der Waals surface area contributed by atoms with E-state index in [1.807, 2.05) is 0 Å². The normalized spacial score (nSPS) is 9.33. The second-order valence-electron chi connectivity index (χ2n) is 2.01. The Morgan fingerprint density at radius 1 is 1.25 bits per heavy atom. The SMILES string of the molecule is O=S(=O)(O)O.[CH2-]CCCCC.[Li+]. The minimum atomic E-state index is -4.67. The van der Waals surface area contributed by atoms with Crippen LogP contribution < -0.4 is 18.9 Å². The van der Waals surface area contributed by atoms with Gasteiger partial charge in [-0.25, -0.2) is 0 Å². The van der Waals surface area contributed by atoms with Gasteiger partial charge in [0.1, 0.15) is 0 Å². The minimum absolute atomic E-state index is 0. The molecule has 0 radical (unpaired) electrons. The summed E-state index contributed by atoms with van der Waals surface area (Å²) in [6.07, 6.45) is 5.07. The van der Waals surface area contributed by atoms with Crippen molar-refractivity contribution in [2.24, 2.45) is 0 Å². The van der Waals surface area contributed by atoms with Gasteiger partial charge in [0.15, 0.2) is 0 Å². The van der Waals surface area contributed by atoms with E-state index in [0.717, 1.165) is 6.42 Å². The van der Waals surface area contributed by atoms with E-state index in [4.69, 9.17) is 17.5 Å². The predicted octanol–water partition coefficient (Wildman–Crippen LogP) is -1.25. The van der Waals surface area contributed by atoms with E-state index in [1.165, 1.54) is 19.3 Å². The van der Waals surface area contributed by atoms with Crippen molar-refractivity contribution in [2.75, 3.05) is 0 Å². The van der Waals surface area contributed by atoms with E-state index < -0.39 is 10.4 Å². The first-order valence-corrected chi connectivity index (χ1v) is 4.80. The fourth-order valence-corrected chi connectivity index (χ4v) is 0.427. The standard InChI is InChI=1S/C6H13.Li.H2O4S/c1-3-5-6-4-2;;1-5(2,3)4/h1,3-6H2,2H3;;(H2,1,2,3,4)/q-1;+1;. The van der Waals surface area contributed by atoms with Crippen molar-refractivity contribution in [3.8, 4) is 0 Å². The number of hydrogen-bond acceptors (Lipinski definition) is 2. The Labute approximate surface area is 86.5 Å². The van der Waals surface area contributed by atoms with Crippen molar-refractivity contribution < 1.29 is 36.4 Å². The number of hydrogen-bond donors (Lipinski definition) is 2. The van der Waals surface area contributed by atoms with E-state index in [0.29, 0.717) is 0 Å². The molecule has 6 heteroatoms. The molecule has 0 saturated heterocycles. The van der Waals surface area contributed by atoms with Crippen LogP contribution in [-0.2, 0) is 10.4 Å². The van der Waals surface area contributed by atoms with Gasteiger partial charge in [-0.2, -0.15) is 14.8 Å². The van der Waals surface area contributed by atoms with Crippen LogP contribution in [0, 0.1) is 6.92 Å². The van der Waals surface area contributed by atoms with Gasteiger partial charge in [0.25, 0.3) is 0 Å². The summed E-state index contributed by atoms with van der Waals surface area (Å²) in [7, 11) is -4.67. The van der Waals surface area contributed by atoms with Gasteiger partial charge in [-0.05, 0) is 0 Å². The van der Waals surface area contributed by atoms with Crippen LogP contribution >= 0.6 is 0 Å². The van der Waals surface area contributed by atoms with Crippen LogP contribution in [0.4, 0.5) is 0 Å². The zero-order valence-corrected chi connectivity index (χ0v) is 8.47. The van der Waals surface area contributed by atoms with Crippen molar-refractivity contribution in [3.05, 3.63) is 6.92 Å². The molecular formula is C6H15LiO4S. The fraction of sp³-hybridized carbons (Fsp3) is 0.833. The van der Waals surface area contributed by atoms with Crippen molar-refractivity contribution in [1.82, 2.24) is 0 Å². The third-order valence-corrected chi connectivity index (χ3v) is 0.854. The molecule has 0 saturated carbocycles. The summed E-state index contributed by atoms with van der Waals surface area (Å²) in [6.45, 7) is 5.93. The molecule has 0 bridgehead atoms. The monoisotopic (exact) mass is 190 g/mol. The minimum Gasteiger partial charge on any atom is -0.343 e. The average Bonchev–Trinajstić information content (AvgIpc) is 1.79. The van der Waals surface area contributed by atoms with Crippen molar-refractivity contribution >= 4 is 10.4 Å². The molecule has 0 aromatic rings. The van der Waals surface area contributed by atoms with Crippen LogP contribution in [0.2, 0.25) is 0 Å². The van der Waals surface area contributed by atoms with Gasteiger partial charge in [0.05, 0.1) is 0 Å². The van der Waals surface area contributed by atoms with Gasteiger partial charge >= 0.3 is 29.3 Å². The Morgan fingerprint density at radius 2 is 1.58 bits per heavy atom. The molecule has 0 aromatic carbocycles. The van der Waals surface area contributed by atoms with Gasteiger partial charge in [0, 0.05) is 0 Å². The zero-order valence-electron chi connectivity index (χ0n) is 7.65. The van der Waals surface area contributed by atoms with Crippen molar-refractivity contribution in [2.45, 2.75) is 32.6 Å². The summed E-state index contributed by atoms with van der Waals surface area (Å²) in [4.78, 5) is 0. The molecule has 0 heterocycles. The van der Waals surface area contributed by atoms with Gasteiger partial charge in [-0.3, -0.25) is 9.11 Å². The van der Waals surface area contributed by atoms with Crippen LogP contribution in [0.1, 0.15) is 32.6 Å². The van der Waals surface area contributed by atoms with E-state index in [9.17, 15) is 0 Å². The Balaban J connectivity index is -0.000000126. The molecule has 2 N–H and O–H groups in total. The maximum absolute atomic E-state index is 8.74. The predicted molar refractivity (Wildman–Crippen MR) is 43.7 cm³/mol. The Bertz CT molecular complexity index is 143. The maximum Gasteiger partial charge on any atom is 1.00 e. The molecule has 0 spiro atoms. The molecule has 0 aliphatic rings. The first kappa shape index (κ1) is 18.3. The van der Waals surface area contributed by atoms with Crippen LogP contribution in [-0.4, -0.2) is 17.5 Å². The molecule has 0 fully saturated rings. The van der Waals surface area contributed by atoms with Gasteiger partial charge in [-0.1, -0.05) is 26.2 Å². The molecule has 0 amide bonds. The molecule has 0 unspecified atom stereocenters. The summed E-state index contributed by atoms with van der Waals surface area (Å²) >= 11 is 0. The smallest absolute Gasteiger partial charge is 0.343 e. The van der Waals surface area contributed by atoms with Crippen LogP contribution in [0.15, 0.2) is 0 Å². The average molecular weight is 190 g/mol. The van der Waals surface area contributed by atoms with E-state index >= 15 is 0 Å². The van der Waals surface area contributed by atoms with Gasteiger partial charge < -0.3 is 6.92 Å². The molecule has 70 valence electrons. The molecule has 0 aliphatic heterocycles. The second kappa shape index (κ2) is 11.5. The topological polar surface area (TPSA) is 74.6 Å². The first-order chi connectivity index (χ1) is 4.91. The quantitative estimate of drug-likeness (QED) is 0.252. The zero-order chi connectivity index (χ0) is 9.33. The third-order valence-electron chi connectivity index (χ3n) is 0.854. The van der Waals surface area contributed by atoms with Crippen LogP contribution in [0.5, 0.6) is 0 Å². The molecule has 4 nitrogen and oxygen atoms in total. The Kier molecular flexibility index (Phi) is 17.5. The third kappa shape index (κ3) is 78.0. The molecule has 0 aromatic heterocycles. The van der Waals surface area contributed by atoms with Gasteiger partial charge in [-0.15, -0.1) is 0 Å². The van der Waals surface area contributed by atoms with Crippen LogP contribution in [0.3, 0.4) is 0 Å². The number of rotatable bonds is 3. The Hall–Kier alpha value is 0.467. The molecule has 12 heavy (non-hydrogen) atoms. The van der Waals surface area contributed by atoms with Gasteiger partial charge in [0.2, 0.25) is 0 Å². The molecule has 0 atom stereocenters. The number of unbranched alkanes of at least 4 members (excludes halogenated alkanes) is 3. The summed E-state index contributed by atoms with van der Waals surface area (Å²) < 4.78 is 31.6. The van der Waals surface area contributed by atoms with E-state index in [1.54, 1.807) is 0 Å². The van der Waals surface area contributed by atoms with Crippen molar-refractivity contribution in [1.29, 1.82) is 0 Å². The van der Waals surface area contributed by atoms with E-state index in [2.05, 4.69) is 13.8 Å². The first-order valence-electron chi connectivity index (χ1n) is 3.41. The van der Waals surface area contributed by atoms with Crippen LogP contribution in [0.25, 0.3) is 0 Å².